The molecular formula is C51H54NNaO17. The zero-order valence-corrected chi connectivity index (χ0v) is 41.8. The summed E-state index contributed by atoms with van der Waals surface area (Å²) in [5, 5.41) is 40.2. The molecular weight excluding hydrogens is 922 g/mol. The summed E-state index contributed by atoms with van der Waals surface area (Å²) in [4.78, 5) is 110. The number of aliphatic hydroxyl groups excluding tert-OH is 1. The zero-order chi connectivity index (χ0) is 50.2. The summed E-state index contributed by atoms with van der Waals surface area (Å²) in [5.74, 6) is -10.1. The summed E-state index contributed by atoms with van der Waals surface area (Å²) in [6.07, 6.45) is -12.7. The maximum absolute atomic E-state index is 15.7. The molecule has 18 nitrogen and oxygen atoms in total. The summed E-state index contributed by atoms with van der Waals surface area (Å²) >= 11 is 0. The number of rotatable bonds is 14. The fourth-order valence-electron chi connectivity index (χ4n) is 10.7. The van der Waals surface area contributed by atoms with Crippen LogP contribution in [0.4, 0.5) is 0 Å². The molecule has 3 N–H and O–H groups in total. The molecule has 1 amide bonds. The molecule has 3 aromatic rings. The van der Waals surface area contributed by atoms with Gasteiger partial charge in [0.05, 0.1) is 36.0 Å². The minimum atomic E-state index is -2.51. The van der Waals surface area contributed by atoms with Crippen molar-refractivity contribution in [2.45, 2.75) is 121 Å². The van der Waals surface area contributed by atoms with Crippen molar-refractivity contribution in [2.75, 3.05) is 6.61 Å². The minimum absolute atomic E-state index is 0. The predicted molar refractivity (Wildman–Crippen MR) is 236 cm³/mol. The van der Waals surface area contributed by atoms with Gasteiger partial charge in [-0.05, 0) is 61.2 Å². The van der Waals surface area contributed by atoms with Crippen LogP contribution >= 0.6 is 0 Å². The fourth-order valence-corrected chi connectivity index (χ4v) is 10.7. The first-order chi connectivity index (χ1) is 32.6. The Morgan fingerprint density at radius 2 is 1.41 bits per heavy atom. The zero-order valence-electron chi connectivity index (χ0n) is 39.8. The largest absolute Gasteiger partial charge is 1.00 e. The Hall–Kier alpha value is -5.76. The van der Waals surface area contributed by atoms with Crippen LogP contribution < -0.4 is 40.0 Å². The van der Waals surface area contributed by atoms with Gasteiger partial charge in [0, 0.05) is 43.6 Å². The second-order valence-electron chi connectivity index (χ2n) is 18.7. The number of hydrogen-bond acceptors (Lipinski definition) is 17. The van der Waals surface area contributed by atoms with Crippen LogP contribution in [0.5, 0.6) is 0 Å². The van der Waals surface area contributed by atoms with Gasteiger partial charge < -0.3 is 53.9 Å². The smallest absolute Gasteiger partial charge is 0.550 e. The number of esters is 5. The Labute approximate surface area is 425 Å². The molecule has 7 rings (SSSR count). The van der Waals surface area contributed by atoms with Crippen LogP contribution in [0.3, 0.4) is 0 Å². The summed E-state index contributed by atoms with van der Waals surface area (Å²) < 4.78 is 36.2. The van der Waals surface area contributed by atoms with Gasteiger partial charge in [-0.25, -0.2) is 9.59 Å². The quantitative estimate of drug-likeness (QED) is 0.0819. The van der Waals surface area contributed by atoms with Crippen molar-refractivity contribution in [3.05, 3.63) is 119 Å². The number of nitrogens with one attached hydrogen (secondary N) is 1. The molecule has 19 heteroatoms. The Morgan fingerprint density at radius 3 is 1.96 bits per heavy atom. The van der Waals surface area contributed by atoms with Crippen molar-refractivity contribution in [3.63, 3.8) is 0 Å². The van der Waals surface area contributed by atoms with Crippen molar-refractivity contribution in [2.24, 2.45) is 16.7 Å². The van der Waals surface area contributed by atoms with E-state index < -0.39 is 137 Å². The maximum Gasteiger partial charge on any atom is 1.00 e. The van der Waals surface area contributed by atoms with Crippen LogP contribution in [0, 0.1) is 16.7 Å². The van der Waals surface area contributed by atoms with Crippen molar-refractivity contribution >= 4 is 47.5 Å². The number of carboxylic acid groups (broad SMARTS) is 1. The Balaban J connectivity index is 0.00000804. The number of Topliss-reactive ketones (excluding diaryl/α,β-unsaturated/α-hetero) is 1. The van der Waals surface area contributed by atoms with Crippen molar-refractivity contribution in [1.82, 2.24) is 5.32 Å². The summed E-state index contributed by atoms with van der Waals surface area (Å²) in [6.45, 7) is 7.65. The SMILES string of the molecule is CC(=O)O[C@H]1C(=O)[C@@]2(C)C([C@@H](OC(=O)c3ccccc3)[C@]3(O)CC(OC(=O)[C@H](OC(=O)CCC(=O)[O-])C(NC(=O)c4ccccc4)c4ccccc4)C(C)=C1C3(C)C)[C@@]1(OC(C)=O)COC1C[C@@H]2O.[Na+]. The Bertz CT molecular complexity index is 2550. The molecule has 2 bridgehead atoms. The summed E-state index contributed by atoms with van der Waals surface area (Å²) in [5.41, 5.74) is -7.83. The molecule has 4 aliphatic rings. The van der Waals surface area contributed by atoms with Gasteiger partial charge in [0.2, 0.25) is 6.10 Å². The third-order valence-corrected chi connectivity index (χ3v) is 14.2. The number of fused-ring (bicyclic) bond motifs is 5. The van der Waals surface area contributed by atoms with Crippen LogP contribution in [0.1, 0.15) is 99.5 Å². The normalized spacial score (nSPS) is 29.2. The molecule has 3 fully saturated rings. The van der Waals surface area contributed by atoms with E-state index in [0.29, 0.717) is 0 Å². The van der Waals surface area contributed by atoms with E-state index in [4.69, 9.17) is 28.4 Å². The van der Waals surface area contributed by atoms with Crippen LogP contribution in [0.15, 0.2) is 102 Å². The molecule has 0 radical (unpaired) electrons. The van der Waals surface area contributed by atoms with Crippen LogP contribution in [-0.4, -0.2) is 112 Å². The first-order valence-corrected chi connectivity index (χ1v) is 22.5. The molecule has 1 aliphatic heterocycles. The van der Waals surface area contributed by atoms with Gasteiger partial charge in [0.15, 0.2) is 17.5 Å². The Morgan fingerprint density at radius 1 is 0.829 bits per heavy atom. The van der Waals surface area contributed by atoms with Crippen LogP contribution in [-0.2, 0) is 57.2 Å². The molecule has 4 unspecified atom stereocenters. The molecule has 11 atom stereocenters. The van der Waals surface area contributed by atoms with Crippen molar-refractivity contribution in [3.8, 4) is 0 Å². The van der Waals surface area contributed by atoms with E-state index in [1.54, 1.807) is 54.6 Å². The fraction of sp³-hybridized carbons (Fsp3) is 0.451. The van der Waals surface area contributed by atoms with Gasteiger partial charge in [-0.1, -0.05) is 80.6 Å². The third-order valence-electron chi connectivity index (χ3n) is 14.2. The molecule has 366 valence electrons. The van der Waals surface area contributed by atoms with Gasteiger partial charge in [-0.3, -0.25) is 24.0 Å². The maximum atomic E-state index is 15.7. The van der Waals surface area contributed by atoms with E-state index in [0.717, 1.165) is 13.8 Å². The van der Waals surface area contributed by atoms with Crippen LogP contribution in [0.25, 0.3) is 0 Å². The van der Waals surface area contributed by atoms with Crippen molar-refractivity contribution < 1.29 is 112 Å². The number of aliphatic hydroxyl groups is 2. The molecule has 1 saturated heterocycles. The van der Waals surface area contributed by atoms with Gasteiger partial charge >= 0.3 is 59.4 Å². The van der Waals surface area contributed by atoms with Gasteiger partial charge in [0.25, 0.3) is 5.91 Å². The number of ketones is 1. The standard InChI is InChI=1S/C51H55NO17.Na/c1-27-33(66-47(62)41(67-37(58)23-22-36(56)57)39(30-16-10-7-11-17-30)52-45(60)31-18-12-8-13-19-31)25-51(63)44(68-46(61)32-20-14-9-15-21-32)42-49(6,34(55)24-35-50(42,26-64-35)69-29(3)54)43(59)40(65-28(2)53)38(27)48(51,4)5;/h7-21,33-35,39-42,44,55,63H,22-26H2,1-6H3,(H,52,60)(H,56,57);/q;+1/p-1/t33?,34-,35?,39?,40+,41+,42?,44+,49+,50+,51+;/m0./s1. The van der Waals surface area contributed by atoms with Gasteiger partial charge in [0.1, 0.15) is 30.0 Å². The van der Waals surface area contributed by atoms with E-state index in [9.17, 15) is 44.1 Å². The number of carbonyl (C=O) groups is 8. The number of carbonyl (C=O) groups excluding carboxylic acids is 8. The molecule has 3 aliphatic carbocycles. The number of benzene rings is 3. The number of carboxylic acids is 1. The van der Waals surface area contributed by atoms with E-state index in [-0.39, 0.29) is 70.4 Å². The number of aliphatic carboxylic acids is 1. The average molecular weight is 976 g/mol. The summed E-state index contributed by atoms with van der Waals surface area (Å²) in [7, 11) is 0. The topological polar surface area (TPSA) is 267 Å². The molecule has 2 saturated carbocycles. The second-order valence-corrected chi connectivity index (χ2v) is 18.7. The number of ether oxygens (including phenoxy) is 6. The Kier molecular flexibility index (Phi) is 16.0. The van der Waals surface area contributed by atoms with E-state index >= 15 is 9.59 Å². The second kappa shape index (κ2) is 20.9. The van der Waals surface area contributed by atoms with E-state index in [1.807, 2.05) is 0 Å². The molecule has 0 aromatic heterocycles. The van der Waals surface area contributed by atoms with E-state index in [2.05, 4.69) is 5.32 Å². The van der Waals surface area contributed by atoms with Gasteiger partial charge in [-0.2, -0.15) is 0 Å². The first-order valence-electron chi connectivity index (χ1n) is 22.5. The number of hydrogen-bond donors (Lipinski definition) is 3. The average Bonchev–Trinajstić information content (AvgIpc) is 3.30. The molecule has 1 heterocycles. The first kappa shape index (κ1) is 53.6. The third kappa shape index (κ3) is 9.81. The predicted octanol–water partition coefficient (Wildman–Crippen LogP) is -0.179. The molecule has 0 spiro atoms. The summed E-state index contributed by atoms with van der Waals surface area (Å²) in [6, 6.07) is 22.0. The molecule has 3 aromatic carbocycles. The van der Waals surface area contributed by atoms with Crippen molar-refractivity contribution in [1.29, 1.82) is 0 Å². The van der Waals surface area contributed by atoms with E-state index in [1.165, 1.54) is 64.1 Å². The number of amides is 1. The monoisotopic (exact) mass is 975 g/mol. The minimum Gasteiger partial charge on any atom is -0.550 e. The molecule has 70 heavy (non-hydrogen) atoms. The van der Waals surface area contributed by atoms with Gasteiger partial charge in [-0.15, -0.1) is 0 Å². The van der Waals surface area contributed by atoms with Crippen LogP contribution in [0.2, 0.25) is 0 Å².